The Morgan fingerprint density at radius 1 is 1.11 bits per heavy atom. The topological polar surface area (TPSA) is 76.1 Å². The zero-order valence-electron chi connectivity index (χ0n) is 14.5. The normalized spacial score (nSPS) is 10.7. The number of anilines is 2. The molecule has 0 atom stereocenters. The van der Waals surface area contributed by atoms with E-state index in [1.54, 1.807) is 30.3 Å². The first-order chi connectivity index (χ1) is 13.1. The van der Waals surface area contributed by atoms with Crippen molar-refractivity contribution in [1.82, 2.24) is 10.2 Å². The van der Waals surface area contributed by atoms with E-state index in [-0.39, 0.29) is 0 Å². The van der Waals surface area contributed by atoms with Crippen molar-refractivity contribution >= 4 is 51.9 Å². The lowest BCUT2D eigenvalue weighted by Gasteiger charge is -2.06. The van der Waals surface area contributed by atoms with Crippen LogP contribution in [-0.2, 0) is 0 Å². The molecule has 27 heavy (non-hydrogen) atoms. The van der Waals surface area contributed by atoms with Crippen molar-refractivity contribution in [3.8, 4) is 5.75 Å². The lowest BCUT2D eigenvalue weighted by Crippen LogP contribution is -2.19. The third-order valence-corrected chi connectivity index (χ3v) is 4.54. The molecule has 1 aromatic heterocycles. The molecule has 6 nitrogen and oxygen atoms in total. The van der Waals surface area contributed by atoms with Gasteiger partial charge in [-0.2, -0.15) is 0 Å². The third kappa shape index (κ3) is 5.54. The highest BCUT2D eigenvalue weighted by molar-refractivity contribution is 7.16. The van der Waals surface area contributed by atoms with Crippen LogP contribution in [0.5, 0.6) is 5.75 Å². The van der Waals surface area contributed by atoms with Gasteiger partial charge in [-0.1, -0.05) is 47.2 Å². The summed E-state index contributed by atoms with van der Waals surface area (Å²) in [7, 11) is 0. The highest BCUT2D eigenvalue weighted by Crippen LogP contribution is 2.21. The van der Waals surface area contributed by atoms with E-state index in [1.807, 2.05) is 37.3 Å². The Bertz CT molecular complexity index is 941. The lowest BCUT2D eigenvalue weighted by atomic mass is 10.2. The number of urea groups is 1. The van der Waals surface area contributed by atoms with E-state index < -0.39 is 6.03 Å². The van der Waals surface area contributed by atoms with E-state index in [4.69, 9.17) is 16.3 Å². The molecule has 0 aliphatic heterocycles. The van der Waals surface area contributed by atoms with Gasteiger partial charge < -0.3 is 10.1 Å². The fourth-order valence-electron chi connectivity index (χ4n) is 2.18. The zero-order chi connectivity index (χ0) is 19.1. The van der Waals surface area contributed by atoms with Gasteiger partial charge in [-0.25, -0.2) is 4.79 Å². The first kappa shape index (κ1) is 18.9. The van der Waals surface area contributed by atoms with E-state index in [0.29, 0.717) is 27.5 Å². The summed E-state index contributed by atoms with van der Waals surface area (Å²) in [6, 6.07) is 14.2. The Labute approximate surface area is 165 Å². The van der Waals surface area contributed by atoms with Crippen LogP contribution >= 0.6 is 22.9 Å². The van der Waals surface area contributed by atoms with Gasteiger partial charge in [0.25, 0.3) is 0 Å². The predicted octanol–water partition coefficient (Wildman–Crippen LogP) is 5.40. The summed E-state index contributed by atoms with van der Waals surface area (Å²) in [5, 5.41) is 15.1. The fraction of sp³-hybridized carbons (Fsp3) is 0.105. The van der Waals surface area contributed by atoms with Gasteiger partial charge >= 0.3 is 6.03 Å². The number of benzene rings is 2. The molecule has 0 unspecified atom stereocenters. The van der Waals surface area contributed by atoms with Gasteiger partial charge in [0, 0.05) is 10.7 Å². The quantitative estimate of drug-likeness (QED) is 0.580. The minimum absolute atomic E-state index is 0.392. The van der Waals surface area contributed by atoms with E-state index in [1.165, 1.54) is 11.3 Å². The van der Waals surface area contributed by atoms with Gasteiger partial charge in [-0.3, -0.25) is 5.32 Å². The summed E-state index contributed by atoms with van der Waals surface area (Å²) < 4.78 is 5.37. The Hall–Kier alpha value is -2.90. The fourth-order valence-corrected chi connectivity index (χ4v) is 3.02. The second-order valence-corrected chi connectivity index (χ2v) is 6.75. The smallest absolute Gasteiger partial charge is 0.325 e. The molecule has 1 heterocycles. The van der Waals surface area contributed by atoms with Crippen molar-refractivity contribution in [1.29, 1.82) is 0 Å². The predicted molar refractivity (Wildman–Crippen MR) is 111 cm³/mol. The first-order valence-corrected chi connectivity index (χ1v) is 9.40. The summed E-state index contributed by atoms with van der Waals surface area (Å²) in [5.74, 6) is 0.752. The summed E-state index contributed by atoms with van der Waals surface area (Å²) in [6.45, 7) is 2.51. The minimum Gasteiger partial charge on any atom is -0.494 e. The average molecular weight is 401 g/mol. The Morgan fingerprint density at radius 2 is 1.89 bits per heavy atom. The second kappa shape index (κ2) is 9.16. The molecular weight excluding hydrogens is 384 g/mol. The molecule has 0 bridgehead atoms. The molecule has 0 aliphatic carbocycles. The van der Waals surface area contributed by atoms with Crippen molar-refractivity contribution in [3.05, 3.63) is 64.1 Å². The molecule has 0 spiro atoms. The standard InChI is InChI=1S/C19H17ClN4O2S/c1-2-26-15-10-8-14(9-11-15)21-18(25)22-19-24-23-17(27-19)12-7-13-5-3-4-6-16(13)20/h3-12H,2H2,1H3,(H2,21,22,24,25). The van der Waals surface area contributed by atoms with Crippen molar-refractivity contribution in [3.63, 3.8) is 0 Å². The highest BCUT2D eigenvalue weighted by Gasteiger charge is 2.07. The monoisotopic (exact) mass is 400 g/mol. The third-order valence-electron chi connectivity index (χ3n) is 3.39. The SMILES string of the molecule is CCOc1ccc(NC(=O)Nc2nnc(C=Cc3ccccc3Cl)s2)cc1. The number of halogens is 1. The molecule has 2 N–H and O–H groups in total. The van der Waals surface area contributed by atoms with Crippen molar-refractivity contribution in [2.75, 3.05) is 17.2 Å². The average Bonchev–Trinajstić information content (AvgIpc) is 3.10. The second-order valence-electron chi connectivity index (χ2n) is 5.34. The zero-order valence-corrected chi connectivity index (χ0v) is 16.1. The van der Waals surface area contributed by atoms with Crippen LogP contribution in [0.4, 0.5) is 15.6 Å². The molecule has 0 aliphatic rings. The van der Waals surface area contributed by atoms with Crippen LogP contribution in [0, 0.1) is 0 Å². The van der Waals surface area contributed by atoms with Gasteiger partial charge in [-0.15, -0.1) is 10.2 Å². The minimum atomic E-state index is -0.392. The summed E-state index contributed by atoms with van der Waals surface area (Å²) >= 11 is 7.37. The van der Waals surface area contributed by atoms with Crippen LogP contribution in [0.2, 0.25) is 5.02 Å². The Kier molecular flexibility index (Phi) is 6.40. The van der Waals surface area contributed by atoms with Gasteiger partial charge in [0.15, 0.2) is 0 Å². The number of aromatic nitrogens is 2. The van der Waals surface area contributed by atoms with Crippen molar-refractivity contribution in [2.45, 2.75) is 6.92 Å². The summed E-state index contributed by atoms with van der Waals surface area (Å²) in [6.07, 6.45) is 3.65. The number of amides is 2. The number of nitrogens with one attached hydrogen (secondary N) is 2. The maximum absolute atomic E-state index is 12.1. The van der Waals surface area contributed by atoms with Crippen LogP contribution < -0.4 is 15.4 Å². The number of nitrogens with zero attached hydrogens (tertiary/aromatic N) is 2. The number of rotatable bonds is 6. The largest absolute Gasteiger partial charge is 0.494 e. The van der Waals surface area contributed by atoms with Crippen molar-refractivity contribution in [2.24, 2.45) is 0 Å². The van der Waals surface area contributed by atoms with Gasteiger partial charge in [-0.05, 0) is 48.9 Å². The van der Waals surface area contributed by atoms with Gasteiger partial charge in [0.05, 0.1) is 6.61 Å². The van der Waals surface area contributed by atoms with Crippen LogP contribution in [0.3, 0.4) is 0 Å². The van der Waals surface area contributed by atoms with Crippen LogP contribution in [-0.4, -0.2) is 22.8 Å². The Balaban J connectivity index is 1.57. The van der Waals surface area contributed by atoms with E-state index in [0.717, 1.165) is 11.3 Å². The van der Waals surface area contributed by atoms with Crippen molar-refractivity contribution < 1.29 is 9.53 Å². The van der Waals surface area contributed by atoms with Crippen LogP contribution in [0.15, 0.2) is 48.5 Å². The van der Waals surface area contributed by atoms with E-state index in [2.05, 4.69) is 20.8 Å². The summed E-state index contributed by atoms with van der Waals surface area (Å²) in [4.78, 5) is 12.1. The number of ether oxygens (including phenoxy) is 1. The van der Waals surface area contributed by atoms with Gasteiger partial charge in [0.1, 0.15) is 10.8 Å². The molecule has 0 radical (unpaired) electrons. The van der Waals surface area contributed by atoms with Crippen LogP contribution in [0.25, 0.3) is 12.2 Å². The number of carbonyl (C=O) groups excluding carboxylic acids is 1. The maximum atomic E-state index is 12.1. The van der Waals surface area contributed by atoms with Gasteiger partial charge in [0.2, 0.25) is 5.13 Å². The number of hydrogen-bond acceptors (Lipinski definition) is 5. The molecular formula is C19H17ClN4O2S. The highest BCUT2D eigenvalue weighted by atomic mass is 35.5. The molecule has 2 aromatic carbocycles. The molecule has 0 saturated heterocycles. The van der Waals surface area contributed by atoms with E-state index in [9.17, 15) is 4.79 Å². The maximum Gasteiger partial charge on any atom is 0.325 e. The first-order valence-electron chi connectivity index (χ1n) is 8.21. The Morgan fingerprint density at radius 3 is 2.63 bits per heavy atom. The van der Waals surface area contributed by atoms with Crippen LogP contribution in [0.1, 0.15) is 17.5 Å². The molecule has 3 rings (SSSR count). The summed E-state index contributed by atoms with van der Waals surface area (Å²) in [5.41, 5.74) is 1.54. The molecule has 8 heteroatoms. The molecule has 2 amide bonds. The number of carbonyl (C=O) groups is 1. The molecule has 0 saturated carbocycles. The molecule has 0 fully saturated rings. The lowest BCUT2D eigenvalue weighted by molar-refractivity contribution is 0.262. The number of hydrogen-bond donors (Lipinski definition) is 2. The van der Waals surface area contributed by atoms with E-state index >= 15 is 0 Å². The molecule has 138 valence electrons. The molecule has 3 aromatic rings.